The fourth-order valence-corrected chi connectivity index (χ4v) is 2.67. The number of aromatic nitrogens is 2. The van der Waals surface area contributed by atoms with E-state index in [0.29, 0.717) is 16.6 Å². The van der Waals surface area contributed by atoms with Crippen LogP contribution in [0, 0.1) is 5.82 Å². The maximum Gasteiger partial charge on any atom is 0.341 e. The summed E-state index contributed by atoms with van der Waals surface area (Å²) in [5, 5.41) is 9.94. The number of halogens is 1. The molecule has 3 aromatic rings. The predicted molar refractivity (Wildman–Crippen MR) is 92.6 cm³/mol. The van der Waals surface area contributed by atoms with Gasteiger partial charge in [-0.2, -0.15) is 0 Å². The first-order valence-corrected chi connectivity index (χ1v) is 7.88. The van der Waals surface area contributed by atoms with Gasteiger partial charge in [0.05, 0.1) is 6.54 Å². The molecule has 0 amide bonds. The minimum atomic E-state index is -1.28. The van der Waals surface area contributed by atoms with Gasteiger partial charge < -0.3 is 5.11 Å². The van der Waals surface area contributed by atoms with Crippen molar-refractivity contribution in [2.75, 3.05) is 0 Å². The maximum atomic E-state index is 13.1. The van der Waals surface area contributed by atoms with Crippen LogP contribution in [0.4, 0.5) is 4.39 Å². The Morgan fingerprint density at radius 2 is 1.92 bits per heavy atom. The zero-order valence-corrected chi connectivity index (χ0v) is 13.9. The van der Waals surface area contributed by atoms with E-state index in [2.05, 4.69) is 4.98 Å². The number of rotatable bonds is 4. The number of hydrogen-bond donors (Lipinski definition) is 1. The third-order valence-corrected chi connectivity index (χ3v) is 4.10. The molecule has 2 heterocycles. The Morgan fingerprint density at radius 1 is 1.24 bits per heavy atom. The Morgan fingerprint density at radius 3 is 2.52 bits per heavy atom. The number of carboxylic acid groups (broad SMARTS) is 1. The van der Waals surface area contributed by atoms with Gasteiger partial charge >= 0.3 is 5.97 Å². The van der Waals surface area contributed by atoms with Crippen molar-refractivity contribution in [3.05, 3.63) is 75.5 Å². The number of fused-ring (bicyclic) bond motifs is 1. The Kier molecular flexibility index (Phi) is 4.35. The van der Waals surface area contributed by atoms with E-state index in [1.54, 1.807) is 18.3 Å². The van der Waals surface area contributed by atoms with Crippen LogP contribution in [0.15, 0.2) is 47.4 Å². The molecule has 3 rings (SSSR count). The Bertz CT molecular complexity index is 1010. The maximum absolute atomic E-state index is 13.1. The average Bonchev–Trinajstić information content (AvgIpc) is 2.58. The molecular weight excluding hydrogens is 323 g/mol. The van der Waals surface area contributed by atoms with Gasteiger partial charge in [-0.3, -0.25) is 9.36 Å². The summed E-state index contributed by atoms with van der Waals surface area (Å²) >= 11 is 0. The highest BCUT2D eigenvalue weighted by Crippen LogP contribution is 2.20. The topological polar surface area (TPSA) is 72.2 Å². The van der Waals surface area contributed by atoms with E-state index >= 15 is 0 Å². The number of carbonyl (C=O) groups is 1. The van der Waals surface area contributed by atoms with Crippen molar-refractivity contribution >= 4 is 17.0 Å². The van der Waals surface area contributed by atoms with Gasteiger partial charge in [0.15, 0.2) is 0 Å². The number of benzene rings is 1. The van der Waals surface area contributed by atoms with E-state index in [1.165, 1.54) is 22.8 Å². The molecule has 0 radical (unpaired) electrons. The first-order valence-electron chi connectivity index (χ1n) is 7.88. The molecule has 0 aliphatic carbocycles. The third kappa shape index (κ3) is 3.28. The lowest BCUT2D eigenvalue weighted by atomic mass is 10.0. The zero-order chi connectivity index (χ0) is 18.1. The lowest BCUT2D eigenvalue weighted by Crippen LogP contribution is -2.27. The molecule has 0 aliphatic heterocycles. The van der Waals surface area contributed by atoms with Crippen molar-refractivity contribution < 1.29 is 14.3 Å². The normalized spacial score (nSPS) is 11.2. The van der Waals surface area contributed by atoms with Crippen molar-refractivity contribution in [3.63, 3.8) is 0 Å². The van der Waals surface area contributed by atoms with Gasteiger partial charge in [0.1, 0.15) is 17.0 Å². The van der Waals surface area contributed by atoms with Crippen molar-refractivity contribution in [2.45, 2.75) is 26.3 Å². The summed E-state index contributed by atoms with van der Waals surface area (Å²) in [5.74, 6) is -1.43. The van der Waals surface area contributed by atoms with Crippen LogP contribution >= 0.6 is 0 Å². The van der Waals surface area contributed by atoms with E-state index in [1.807, 2.05) is 19.9 Å². The fourth-order valence-electron chi connectivity index (χ4n) is 2.67. The number of nitrogens with zero attached hydrogens (tertiary/aromatic N) is 2. The van der Waals surface area contributed by atoms with Gasteiger partial charge in [0.2, 0.25) is 0 Å². The fraction of sp³-hybridized carbons (Fsp3) is 0.211. The quantitative estimate of drug-likeness (QED) is 0.790. The number of hydrogen-bond acceptors (Lipinski definition) is 3. The standard InChI is InChI=1S/C19H17FN2O3/c1-11(2)14-7-13-8-16(19(24)25)18(23)22(17(13)21-9-14)10-12-3-5-15(20)6-4-12/h3-9,11H,10H2,1-2H3,(H,24,25). The van der Waals surface area contributed by atoms with E-state index in [-0.39, 0.29) is 23.8 Å². The molecule has 0 atom stereocenters. The monoisotopic (exact) mass is 340 g/mol. The molecule has 0 fully saturated rings. The molecule has 1 N–H and O–H groups in total. The Balaban J connectivity index is 2.23. The number of pyridine rings is 2. The van der Waals surface area contributed by atoms with Crippen LogP contribution in [0.5, 0.6) is 0 Å². The van der Waals surface area contributed by atoms with Crippen LogP contribution < -0.4 is 5.56 Å². The summed E-state index contributed by atoms with van der Waals surface area (Å²) in [4.78, 5) is 28.4. The number of aromatic carboxylic acids is 1. The number of carboxylic acids is 1. The molecule has 128 valence electrons. The zero-order valence-electron chi connectivity index (χ0n) is 13.9. The molecule has 6 heteroatoms. The van der Waals surface area contributed by atoms with Gasteiger partial charge in [-0.25, -0.2) is 14.2 Å². The molecule has 2 aromatic heterocycles. The van der Waals surface area contributed by atoms with Crippen molar-refractivity contribution in [1.29, 1.82) is 0 Å². The van der Waals surface area contributed by atoms with Gasteiger partial charge in [0.25, 0.3) is 5.56 Å². The summed E-state index contributed by atoms with van der Waals surface area (Å²) in [5.41, 5.74) is 1.10. The van der Waals surface area contributed by atoms with Gasteiger partial charge in [-0.15, -0.1) is 0 Å². The molecule has 0 saturated heterocycles. The van der Waals surface area contributed by atoms with Gasteiger partial charge in [-0.1, -0.05) is 26.0 Å². The highest BCUT2D eigenvalue weighted by Gasteiger charge is 2.16. The molecule has 0 aliphatic rings. The van der Waals surface area contributed by atoms with Crippen LogP contribution in [0.25, 0.3) is 11.0 Å². The van der Waals surface area contributed by atoms with Crippen LogP contribution in [-0.4, -0.2) is 20.6 Å². The Labute approximate surface area is 143 Å². The molecular formula is C19H17FN2O3. The Hall–Kier alpha value is -3.02. The second-order valence-corrected chi connectivity index (χ2v) is 6.22. The first kappa shape index (κ1) is 16.8. The molecule has 5 nitrogen and oxygen atoms in total. The summed E-state index contributed by atoms with van der Waals surface area (Å²) in [6.45, 7) is 4.13. The highest BCUT2D eigenvalue weighted by molar-refractivity contribution is 5.91. The van der Waals surface area contributed by atoms with Crippen molar-refractivity contribution in [3.8, 4) is 0 Å². The first-order chi connectivity index (χ1) is 11.9. The van der Waals surface area contributed by atoms with E-state index in [0.717, 1.165) is 5.56 Å². The summed E-state index contributed by atoms with van der Waals surface area (Å²) < 4.78 is 14.4. The van der Waals surface area contributed by atoms with E-state index < -0.39 is 11.5 Å². The van der Waals surface area contributed by atoms with Crippen molar-refractivity contribution in [1.82, 2.24) is 9.55 Å². The molecule has 25 heavy (non-hydrogen) atoms. The predicted octanol–water partition coefficient (Wildman–Crippen LogP) is 3.41. The SMILES string of the molecule is CC(C)c1cnc2c(c1)cc(C(=O)O)c(=O)n2Cc1ccc(F)cc1. The molecule has 0 bridgehead atoms. The lowest BCUT2D eigenvalue weighted by Gasteiger charge is -2.13. The van der Waals surface area contributed by atoms with Crippen molar-refractivity contribution in [2.24, 2.45) is 0 Å². The second kappa shape index (κ2) is 6.47. The summed E-state index contributed by atoms with van der Waals surface area (Å²) in [6, 6.07) is 8.93. The minimum absolute atomic E-state index is 0.116. The van der Waals surface area contributed by atoms with Crippen LogP contribution in [0.1, 0.15) is 41.3 Å². The average molecular weight is 340 g/mol. The van der Waals surface area contributed by atoms with Gasteiger partial charge in [0, 0.05) is 11.6 Å². The second-order valence-electron chi connectivity index (χ2n) is 6.22. The third-order valence-electron chi connectivity index (χ3n) is 4.10. The smallest absolute Gasteiger partial charge is 0.341 e. The molecule has 0 saturated carbocycles. The van der Waals surface area contributed by atoms with Crippen LogP contribution in [0.2, 0.25) is 0 Å². The highest BCUT2D eigenvalue weighted by atomic mass is 19.1. The lowest BCUT2D eigenvalue weighted by molar-refractivity contribution is 0.0694. The molecule has 1 aromatic carbocycles. The van der Waals surface area contributed by atoms with Crippen LogP contribution in [0.3, 0.4) is 0 Å². The minimum Gasteiger partial charge on any atom is -0.477 e. The summed E-state index contributed by atoms with van der Waals surface area (Å²) in [6.07, 6.45) is 1.69. The summed E-state index contributed by atoms with van der Waals surface area (Å²) in [7, 11) is 0. The van der Waals surface area contributed by atoms with Gasteiger partial charge in [-0.05, 0) is 41.3 Å². The van der Waals surface area contributed by atoms with E-state index in [4.69, 9.17) is 0 Å². The molecule has 0 spiro atoms. The van der Waals surface area contributed by atoms with Crippen LogP contribution in [-0.2, 0) is 6.54 Å². The largest absolute Gasteiger partial charge is 0.477 e. The van der Waals surface area contributed by atoms with E-state index in [9.17, 15) is 19.1 Å². The molecule has 0 unspecified atom stereocenters.